The van der Waals surface area contributed by atoms with Crippen molar-refractivity contribution in [2.75, 3.05) is 5.32 Å². The predicted molar refractivity (Wildman–Crippen MR) is 75.7 cm³/mol. The predicted octanol–water partition coefficient (Wildman–Crippen LogP) is 4.41. The molecule has 0 fully saturated rings. The maximum atomic E-state index is 13.6. The van der Waals surface area contributed by atoms with Gasteiger partial charge in [0, 0.05) is 9.37 Å². The molecule has 2 aromatic rings. The van der Waals surface area contributed by atoms with Crippen molar-refractivity contribution in [3.63, 3.8) is 0 Å². The Hall–Kier alpha value is -1.47. The number of carbonyl (C=O) groups is 1. The van der Waals surface area contributed by atoms with Gasteiger partial charge in [-0.25, -0.2) is 13.2 Å². The molecule has 0 atom stereocenters. The van der Waals surface area contributed by atoms with Crippen molar-refractivity contribution >= 4 is 40.2 Å². The Bertz CT molecular complexity index is 670. The van der Waals surface area contributed by atoms with Crippen molar-refractivity contribution in [3.8, 4) is 0 Å². The summed E-state index contributed by atoms with van der Waals surface area (Å²) in [6, 6.07) is 5.55. The summed E-state index contributed by atoms with van der Waals surface area (Å²) in [5.74, 6) is -3.70. The van der Waals surface area contributed by atoms with Gasteiger partial charge in [-0.3, -0.25) is 4.79 Å². The highest BCUT2D eigenvalue weighted by molar-refractivity contribution is 9.10. The lowest BCUT2D eigenvalue weighted by atomic mass is 10.2. The van der Waals surface area contributed by atoms with Crippen LogP contribution in [0.1, 0.15) is 10.4 Å². The third-order valence-electron chi connectivity index (χ3n) is 2.44. The lowest BCUT2D eigenvalue weighted by molar-refractivity contribution is 0.102. The molecule has 0 saturated carbocycles. The molecule has 2 rings (SSSR count). The molecule has 104 valence electrons. The largest absolute Gasteiger partial charge is 0.317 e. The Morgan fingerprint density at radius 3 is 2.25 bits per heavy atom. The van der Waals surface area contributed by atoms with E-state index >= 15 is 0 Å². The van der Waals surface area contributed by atoms with E-state index in [1.54, 1.807) is 0 Å². The lowest BCUT2D eigenvalue weighted by Gasteiger charge is -2.09. The van der Waals surface area contributed by atoms with Crippen LogP contribution in [-0.4, -0.2) is 5.91 Å². The quantitative estimate of drug-likeness (QED) is 0.762. The summed E-state index contributed by atoms with van der Waals surface area (Å²) >= 11 is 6.89. The van der Waals surface area contributed by atoms with Crippen LogP contribution in [-0.2, 0) is 0 Å². The van der Waals surface area contributed by atoms with Crippen LogP contribution in [0.25, 0.3) is 0 Å². The molecule has 0 aliphatic heterocycles. The number of halogens is 4. The minimum Gasteiger partial charge on any atom is -0.317 e. The van der Waals surface area contributed by atoms with Crippen molar-refractivity contribution in [2.45, 2.75) is 4.90 Å². The first-order valence-corrected chi connectivity index (χ1v) is 6.57. The van der Waals surface area contributed by atoms with E-state index in [4.69, 9.17) is 0 Å². The Balaban J connectivity index is 2.35. The molecule has 0 spiro atoms. The third-order valence-corrected chi connectivity index (χ3v) is 3.18. The van der Waals surface area contributed by atoms with Gasteiger partial charge in [-0.05, 0) is 30.3 Å². The number of amides is 1. The van der Waals surface area contributed by atoms with Gasteiger partial charge >= 0.3 is 0 Å². The normalized spacial score (nSPS) is 10.4. The summed E-state index contributed by atoms with van der Waals surface area (Å²) in [6.45, 7) is 0. The van der Waals surface area contributed by atoms with Crippen LogP contribution in [0.4, 0.5) is 18.9 Å². The fraction of sp³-hybridized carbons (Fsp3) is 0. The number of rotatable bonds is 2. The zero-order valence-electron chi connectivity index (χ0n) is 9.75. The fourth-order valence-electron chi connectivity index (χ4n) is 1.53. The van der Waals surface area contributed by atoms with Crippen molar-refractivity contribution in [1.29, 1.82) is 0 Å². The Labute approximate surface area is 126 Å². The van der Waals surface area contributed by atoms with Gasteiger partial charge in [-0.1, -0.05) is 15.9 Å². The fourth-order valence-corrected chi connectivity index (χ4v) is 2.14. The molecule has 0 saturated heterocycles. The molecule has 0 heterocycles. The summed E-state index contributed by atoms with van der Waals surface area (Å²) in [5.41, 5.74) is -0.985. The average molecular weight is 362 g/mol. The van der Waals surface area contributed by atoms with Gasteiger partial charge in [0.25, 0.3) is 5.91 Å². The van der Waals surface area contributed by atoms with Crippen LogP contribution >= 0.6 is 28.6 Å². The molecule has 0 aromatic heterocycles. The van der Waals surface area contributed by atoms with E-state index < -0.39 is 29.0 Å². The van der Waals surface area contributed by atoms with Crippen LogP contribution in [0.5, 0.6) is 0 Å². The summed E-state index contributed by atoms with van der Waals surface area (Å²) in [4.78, 5) is 12.2. The number of benzene rings is 2. The maximum absolute atomic E-state index is 13.6. The second-order valence-electron chi connectivity index (χ2n) is 3.86. The standard InChI is InChI=1S/C13H7BrF3NOS/c14-6-3-10(16)12(11(17)4-6)18-13(19)8-5-7(20)1-2-9(8)15/h1-5,20H,(H,18,19). The first kappa shape index (κ1) is 14.9. The van der Waals surface area contributed by atoms with Crippen LogP contribution in [0.3, 0.4) is 0 Å². The number of thiol groups is 1. The summed E-state index contributed by atoms with van der Waals surface area (Å²) < 4.78 is 40.8. The molecule has 7 heteroatoms. The van der Waals surface area contributed by atoms with Gasteiger partial charge in [-0.2, -0.15) is 0 Å². The molecule has 2 aromatic carbocycles. The molecule has 1 amide bonds. The maximum Gasteiger partial charge on any atom is 0.258 e. The number of nitrogens with one attached hydrogen (secondary N) is 1. The minimum atomic E-state index is -0.965. The van der Waals surface area contributed by atoms with Crippen LogP contribution in [0, 0.1) is 17.5 Å². The van der Waals surface area contributed by atoms with E-state index in [0.29, 0.717) is 4.90 Å². The highest BCUT2D eigenvalue weighted by Gasteiger charge is 2.17. The third kappa shape index (κ3) is 3.16. The second-order valence-corrected chi connectivity index (χ2v) is 5.29. The SMILES string of the molecule is O=C(Nc1c(F)cc(Br)cc1F)c1cc(S)ccc1F. The smallest absolute Gasteiger partial charge is 0.258 e. The van der Waals surface area contributed by atoms with E-state index in [2.05, 4.69) is 28.6 Å². The summed E-state index contributed by atoms with van der Waals surface area (Å²) in [7, 11) is 0. The van der Waals surface area contributed by atoms with Gasteiger partial charge in [0.1, 0.15) is 11.5 Å². The van der Waals surface area contributed by atoms with Crippen molar-refractivity contribution in [2.24, 2.45) is 0 Å². The van der Waals surface area contributed by atoms with E-state index in [0.717, 1.165) is 18.2 Å². The monoisotopic (exact) mass is 361 g/mol. The minimum absolute atomic E-state index is 0.189. The number of hydrogen-bond acceptors (Lipinski definition) is 2. The molecule has 2 nitrogen and oxygen atoms in total. The summed E-state index contributed by atoms with van der Waals surface area (Å²) in [5, 5.41) is 2.01. The summed E-state index contributed by atoms with van der Waals surface area (Å²) in [6.07, 6.45) is 0. The first-order chi connectivity index (χ1) is 9.38. The van der Waals surface area contributed by atoms with Gasteiger partial charge in [-0.15, -0.1) is 12.6 Å². The number of carbonyl (C=O) groups excluding carboxylic acids is 1. The molecule has 1 N–H and O–H groups in total. The van der Waals surface area contributed by atoms with E-state index in [-0.39, 0.29) is 10.0 Å². The molecule has 20 heavy (non-hydrogen) atoms. The zero-order valence-corrected chi connectivity index (χ0v) is 12.2. The molecule has 0 bridgehead atoms. The van der Waals surface area contributed by atoms with Crippen molar-refractivity contribution in [3.05, 3.63) is 57.8 Å². The topological polar surface area (TPSA) is 29.1 Å². The Morgan fingerprint density at radius 2 is 1.65 bits per heavy atom. The van der Waals surface area contributed by atoms with Crippen LogP contribution < -0.4 is 5.32 Å². The van der Waals surface area contributed by atoms with Crippen molar-refractivity contribution < 1.29 is 18.0 Å². The Morgan fingerprint density at radius 1 is 1.05 bits per heavy atom. The van der Waals surface area contributed by atoms with Gasteiger partial charge in [0.2, 0.25) is 0 Å². The molecular formula is C13H7BrF3NOS. The number of anilines is 1. The van der Waals surface area contributed by atoms with Gasteiger partial charge < -0.3 is 5.32 Å². The molecule has 0 radical (unpaired) electrons. The molecular weight excluding hydrogens is 355 g/mol. The number of hydrogen-bond donors (Lipinski definition) is 2. The zero-order chi connectivity index (χ0) is 14.9. The van der Waals surface area contributed by atoms with E-state index in [1.165, 1.54) is 12.1 Å². The lowest BCUT2D eigenvalue weighted by Crippen LogP contribution is -2.16. The van der Waals surface area contributed by atoms with Crippen LogP contribution in [0.15, 0.2) is 39.7 Å². The molecule has 0 aliphatic rings. The van der Waals surface area contributed by atoms with Gasteiger partial charge in [0.05, 0.1) is 5.56 Å². The first-order valence-electron chi connectivity index (χ1n) is 5.33. The second kappa shape index (κ2) is 5.88. The van der Waals surface area contributed by atoms with Crippen LogP contribution in [0.2, 0.25) is 0 Å². The van der Waals surface area contributed by atoms with Gasteiger partial charge in [0.15, 0.2) is 11.6 Å². The highest BCUT2D eigenvalue weighted by atomic mass is 79.9. The van der Waals surface area contributed by atoms with Crippen molar-refractivity contribution in [1.82, 2.24) is 0 Å². The van der Waals surface area contributed by atoms with E-state index in [9.17, 15) is 18.0 Å². The molecule has 0 unspecified atom stereocenters. The average Bonchev–Trinajstić information content (AvgIpc) is 2.36. The Kier molecular flexibility index (Phi) is 4.39. The highest BCUT2D eigenvalue weighted by Crippen LogP contribution is 2.25. The molecule has 0 aliphatic carbocycles. The van der Waals surface area contributed by atoms with E-state index in [1.807, 2.05) is 5.32 Å².